The third-order valence-corrected chi connectivity index (χ3v) is 2.81. The van der Waals surface area contributed by atoms with Crippen LogP contribution in [0.3, 0.4) is 0 Å². The van der Waals surface area contributed by atoms with Crippen molar-refractivity contribution in [3.05, 3.63) is 0 Å². The van der Waals surface area contributed by atoms with Gasteiger partial charge in [0, 0.05) is 20.2 Å². The molecule has 0 unspecified atom stereocenters. The van der Waals surface area contributed by atoms with Crippen LogP contribution in [-0.4, -0.2) is 50.5 Å². The quantitative estimate of drug-likeness (QED) is 0.568. The molecule has 3 heteroatoms. The molecule has 0 aromatic rings. The highest BCUT2D eigenvalue weighted by Gasteiger charge is 2.46. The van der Waals surface area contributed by atoms with Gasteiger partial charge in [-0.1, -0.05) is 0 Å². The summed E-state index contributed by atoms with van der Waals surface area (Å²) in [5.41, 5.74) is 0.257. The molecule has 2 aliphatic heterocycles. The smallest absolute Gasteiger partial charge is 0.0691 e. The van der Waals surface area contributed by atoms with Crippen LogP contribution in [0, 0.1) is 0 Å². The Kier molecular flexibility index (Phi) is 1.87. The second-order valence-corrected chi connectivity index (χ2v) is 3.45. The lowest BCUT2D eigenvalue weighted by Gasteiger charge is -2.54. The second kappa shape index (κ2) is 2.73. The molecule has 0 aromatic heterocycles. The zero-order chi connectivity index (χ0) is 7.73. The first-order valence-electron chi connectivity index (χ1n) is 4.19. The van der Waals surface area contributed by atoms with Gasteiger partial charge in [0.15, 0.2) is 0 Å². The molecule has 1 atom stereocenters. The number of hydrogen-bond acceptors (Lipinski definition) is 3. The number of ether oxygens (including phenoxy) is 2. The Morgan fingerprint density at radius 3 is 3.00 bits per heavy atom. The summed E-state index contributed by atoms with van der Waals surface area (Å²) < 4.78 is 10.6. The first-order chi connectivity index (χ1) is 5.37. The Balaban J connectivity index is 1.98. The summed E-state index contributed by atoms with van der Waals surface area (Å²) in [7, 11) is 1.76. The van der Waals surface area contributed by atoms with E-state index in [2.05, 4.69) is 4.90 Å². The highest BCUT2D eigenvalue weighted by atomic mass is 16.5. The van der Waals surface area contributed by atoms with Gasteiger partial charge in [-0.2, -0.15) is 0 Å². The summed E-state index contributed by atoms with van der Waals surface area (Å²) in [4.78, 5) is 2.47. The van der Waals surface area contributed by atoms with E-state index in [9.17, 15) is 0 Å². The molecule has 64 valence electrons. The molecule has 2 rings (SSSR count). The van der Waals surface area contributed by atoms with E-state index in [0.29, 0.717) is 0 Å². The fraction of sp³-hybridized carbons (Fsp3) is 1.00. The largest absolute Gasteiger partial charge is 0.383 e. The maximum absolute atomic E-state index is 5.44. The van der Waals surface area contributed by atoms with E-state index < -0.39 is 0 Å². The van der Waals surface area contributed by atoms with Crippen LogP contribution in [0.4, 0.5) is 0 Å². The van der Waals surface area contributed by atoms with Gasteiger partial charge in [-0.3, -0.25) is 4.90 Å². The first-order valence-corrected chi connectivity index (χ1v) is 4.19. The van der Waals surface area contributed by atoms with Crippen molar-refractivity contribution in [2.75, 3.05) is 40.0 Å². The molecule has 2 saturated heterocycles. The Labute approximate surface area is 67.3 Å². The van der Waals surface area contributed by atoms with Crippen LogP contribution in [-0.2, 0) is 9.47 Å². The van der Waals surface area contributed by atoms with Crippen LogP contribution in [0.1, 0.15) is 6.42 Å². The van der Waals surface area contributed by atoms with E-state index >= 15 is 0 Å². The molecular formula is C8H15NO2. The summed E-state index contributed by atoms with van der Waals surface area (Å²) >= 11 is 0. The lowest BCUT2D eigenvalue weighted by atomic mass is 9.85. The van der Waals surface area contributed by atoms with Gasteiger partial charge in [-0.05, 0) is 6.42 Å². The Morgan fingerprint density at radius 1 is 1.55 bits per heavy atom. The summed E-state index contributed by atoms with van der Waals surface area (Å²) in [6.07, 6.45) is 1.24. The molecule has 0 saturated carbocycles. The maximum Gasteiger partial charge on any atom is 0.0691 e. The topological polar surface area (TPSA) is 21.7 Å². The van der Waals surface area contributed by atoms with Gasteiger partial charge >= 0.3 is 0 Å². The molecule has 0 amide bonds. The molecule has 11 heavy (non-hydrogen) atoms. The van der Waals surface area contributed by atoms with E-state index in [1.165, 1.54) is 13.0 Å². The summed E-state index contributed by atoms with van der Waals surface area (Å²) in [6, 6.07) is 0. The van der Waals surface area contributed by atoms with E-state index in [1.54, 1.807) is 7.11 Å². The van der Waals surface area contributed by atoms with Crippen molar-refractivity contribution < 1.29 is 9.47 Å². The molecule has 0 aromatic carbocycles. The minimum absolute atomic E-state index is 0.257. The van der Waals surface area contributed by atoms with Crippen molar-refractivity contribution in [1.29, 1.82) is 0 Å². The van der Waals surface area contributed by atoms with Crippen molar-refractivity contribution in [2.24, 2.45) is 0 Å². The predicted octanol–water partition coefficient (Wildman–Crippen LogP) is 0.108. The Bertz CT molecular complexity index is 147. The summed E-state index contributed by atoms with van der Waals surface area (Å²) in [5.74, 6) is 0. The van der Waals surface area contributed by atoms with E-state index in [1.807, 2.05) is 0 Å². The van der Waals surface area contributed by atoms with Gasteiger partial charge in [0.1, 0.15) is 0 Å². The van der Waals surface area contributed by atoms with Gasteiger partial charge in [0.25, 0.3) is 0 Å². The van der Waals surface area contributed by atoms with Crippen molar-refractivity contribution in [3.63, 3.8) is 0 Å². The van der Waals surface area contributed by atoms with E-state index in [-0.39, 0.29) is 5.54 Å². The van der Waals surface area contributed by atoms with Gasteiger partial charge in [-0.15, -0.1) is 0 Å². The van der Waals surface area contributed by atoms with Crippen LogP contribution < -0.4 is 0 Å². The fourth-order valence-corrected chi connectivity index (χ4v) is 2.01. The average molecular weight is 157 g/mol. The van der Waals surface area contributed by atoms with Gasteiger partial charge in [0.2, 0.25) is 0 Å². The van der Waals surface area contributed by atoms with Crippen molar-refractivity contribution in [3.8, 4) is 0 Å². The van der Waals surface area contributed by atoms with Crippen LogP contribution in [0.5, 0.6) is 0 Å². The number of nitrogens with zero attached hydrogens (tertiary/aromatic N) is 1. The van der Waals surface area contributed by atoms with Crippen LogP contribution in [0.2, 0.25) is 0 Å². The molecule has 0 aliphatic carbocycles. The molecule has 0 N–H and O–H groups in total. The van der Waals surface area contributed by atoms with E-state index in [0.717, 1.165) is 26.4 Å². The number of fused-ring (bicyclic) bond motifs is 1. The SMILES string of the molecule is COC[C@]12CCN1CCOC2. The lowest BCUT2D eigenvalue weighted by molar-refractivity contribution is -0.152. The predicted molar refractivity (Wildman–Crippen MR) is 41.6 cm³/mol. The number of hydrogen-bond donors (Lipinski definition) is 0. The van der Waals surface area contributed by atoms with E-state index in [4.69, 9.17) is 9.47 Å². The minimum Gasteiger partial charge on any atom is -0.383 e. The Morgan fingerprint density at radius 2 is 2.45 bits per heavy atom. The zero-order valence-corrected chi connectivity index (χ0v) is 7.01. The van der Waals surface area contributed by atoms with Gasteiger partial charge in [-0.25, -0.2) is 0 Å². The number of rotatable bonds is 2. The van der Waals surface area contributed by atoms with Crippen molar-refractivity contribution in [1.82, 2.24) is 4.90 Å². The monoisotopic (exact) mass is 157 g/mol. The highest BCUT2D eigenvalue weighted by molar-refractivity contribution is 5.01. The molecule has 3 nitrogen and oxygen atoms in total. The van der Waals surface area contributed by atoms with Crippen LogP contribution >= 0.6 is 0 Å². The molecule has 0 bridgehead atoms. The fourth-order valence-electron chi connectivity index (χ4n) is 2.01. The third-order valence-electron chi connectivity index (χ3n) is 2.81. The summed E-state index contributed by atoms with van der Waals surface area (Å²) in [5, 5.41) is 0. The normalized spacial score (nSPS) is 37.9. The second-order valence-electron chi connectivity index (χ2n) is 3.45. The molecular weight excluding hydrogens is 142 g/mol. The molecule has 2 heterocycles. The number of morpholine rings is 1. The molecule has 2 aliphatic rings. The third kappa shape index (κ3) is 1.08. The standard InChI is InChI=1S/C8H15NO2/c1-10-6-8-2-3-9(8)4-5-11-7-8/h2-7H2,1H3/t8-/m0/s1. The molecule has 0 radical (unpaired) electrons. The van der Waals surface area contributed by atoms with Crippen LogP contribution in [0.25, 0.3) is 0 Å². The van der Waals surface area contributed by atoms with Crippen molar-refractivity contribution >= 4 is 0 Å². The van der Waals surface area contributed by atoms with Gasteiger partial charge < -0.3 is 9.47 Å². The van der Waals surface area contributed by atoms with Crippen molar-refractivity contribution in [2.45, 2.75) is 12.0 Å². The first kappa shape index (κ1) is 7.53. The molecule has 2 fully saturated rings. The highest BCUT2D eigenvalue weighted by Crippen LogP contribution is 2.33. The minimum atomic E-state index is 0.257. The zero-order valence-electron chi connectivity index (χ0n) is 7.01. The maximum atomic E-state index is 5.44. The Hall–Kier alpha value is -0.120. The molecule has 0 spiro atoms. The summed E-state index contributed by atoms with van der Waals surface area (Å²) in [6.45, 7) is 4.90. The number of methoxy groups -OCH3 is 1. The lowest BCUT2D eigenvalue weighted by Crippen LogP contribution is -2.68. The van der Waals surface area contributed by atoms with Gasteiger partial charge in [0.05, 0.1) is 25.4 Å². The average Bonchev–Trinajstić information content (AvgIpc) is 1.98. The van der Waals surface area contributed by atoms with Crippen LogP contribution in [0.15, 0.2) is 0 Å².